The molecule has 0 radical (unpaired) electrons. The Morgan fingerprint density at radius 2 is 2.28 bits per heavy atom. The molecule has 4 nitrogen and oxygen atoms in total. The van der Waals surface area contributed by atoms with Crippen LogP contribution in [0.4, 0.5) is 5.82 Å². The second kappa shape index (κ2) is 6.95. The van der Waals surface area contributed by atoms with E-state index in [0.717, 1.165) is 42.0 Å². The Kier molecular flexibility index (Phi) is 5.26. The second-order valence-corrected chi connectivity index (χ2v) is 5.61. The minimum Gasteiger partial charge on any atom is -0.384 e. The summed E-state index contributed by atoms with van der Waals surface area (Å²) < 4.78 is 5.07. The molecule has 1 heterocycles. The van der Waals surface area contributed by atoms with Gasteiger partial charge in [-0.25, -0.2) is 9.97 Å². The molecule has 18 heavy (non-hydrogen) atoms. The number of nitrogens with one attached hydrogen (secondary N) is 1. The molecule has 0 bridgehead atoms. The van der Waals surface area contributed by atoms with Gasteiger partial charge in [0.1, 0.15) is 16.7 Å². The lowest BCUT2D eigenvalue weighted by Crippen LogP contribution is -2.05. The number of ether oxygens (including phenoxy) is 1. The van der Waals surface area contributed by atoms with Gasteiger partial charge in [0, 0.05) is 31.4 Å². The summed E-state index contributed by atoms with van der Waals surface area (Å²) in [7, 11) is 1.73. The molecule has 5 heteroatoms. The van der Waals surface area contributed by atoms with E-state index in [0.29, 0.717) is 5.92 Å². The zero-order valence-electron chi connectivity index (χ0n) is 11.1. The van der Waals surface area contributed by atoms with Crippen molar-refractivity contribution in [3.8, 4) is 0 Å². The fraction of sp³-hybridized carbons (Fsp3) is 0.692. The molecule has 1 aromatic heterocycles. The fourth-order valence-corrected chi connectivity index (χ4v) is 2.43. The maximum Gasteiger partial charge on any atom is 0.135 e. The molecule has 1 N–H and O–H groups in total. The number of rotatable bonds is 8. The van der Waals surface area contributed by atoms with Gasteiger partial charge in [-0.05, 0) is 19.3 Å². The Labute approximate surface area is 113 Å². The van der Waals surface area contributed by atoms with E-state index in [-0.39, 0.29) is 0 Å². The second-order valence-electron chi connectivity index (χ2n) is 4.49. The van der Waals surface area contributed by atoms with E-state index in [2.05, 4.69) is 22.2 Å². The van der Waals surface area contributed by atoms with Crippen LogP contribution in [-0.4, -0.2) is 36.0 Å². The van der Waals surface area contributed by atoms with Crippen molar-refractivity contribution in [2.45, 2.75) is 37.1 Å². The molecule has 0 unspecified atom stereocenters. The Morgan fingerprint density at radius 1 is 1.44 bits per heavy atom. The van der Waals surface area contributed by atoms with Gasteiger partial charge < -0.3 is 10.1 Å². The lowest BCUT2D eigenvalue weighted by Gasteiger charge is -2.08. The summed E-state index contributed by atoms with van der Waals surface area (Å²) in [6.07, 6.45) is 3.58. The predicted octanol–water partition coefficient (Wildman–Crippen LogP) is 2.91. The third kappa shape index (κ3) is 4.14. The van der Waals surface area contributed by atoms with Gasteiger partial charge in [0.15, 0.2) is 0 Å². The van der Waals surface area contributed by atoms with Gasteiger partial charge in [0.25, 0.3) is 0 Å². The van der Waals surface area contributed by atoms with E-state index >= 15 is 0 Å². The zero-order chi connectivity index (χ0) is 12.8. The minimum atomic E-state index is 0.593. The monoisotopic (exact) mass is 267 g/mol. The third-order valence-corrected chi connectivity index (χ3v) is 3.63. The number of anilines is 1. The quantitative estimate of drug-likeness (QED) is 0.446. The average molecular weight is 267 g/mol. The van der Waals surface area contributed by atoms with Crippen molar-refractivity contribution in [3.05, 3.63) is 11.9 Å². The van der Waals surface area contributed by atoms with Crippen LogP contribution in [0.2, 0.25) is 0 Å². The van der Waals surface area contributed by atoms with Crippen LogP contribution in [0.15, 0.2) is 11.1 Å². The van der Waals surface area contributed by atoms with Crippen LogP contribution in [0, 0.1) is 0 Å². The van der Waals surface area contributed by atoms with Crippen LogP contribution < -0.4 is 5.32 Å². The standard InChI is InChI=1S/C13H21N3OS/c1-3-6-14-11-9-12(18-8-7-17-2)16-13(15-11)10-4-5-10/h9-10H,3-8H2,1-2H3,(H,14,15,16). The van der Waals surface area contributed by atoms with Crippen LogP contribution in [0.25, 0.3) is 0 Å². The number of aromatic nitrogens is 2. The zero-order valence-corrected chi connectivity index (χ0v) is 11.9. The Morgan fingerprint density at radius 3 is 2.94 bits per heavy atom. The Hall–Kier alpha value is -0.810. The first kappa shape index (κ1) is 13.6. The molecule has 1 aromatic rings. The summed E-state index contributed by atoms with van der Waals surface area (Å²) in [4.78, 5) is 9.23. The van der Waals surface area contributed by atoms with Crippen LogP contribution >= 0.6 is 11.8 Å². The van der Waals surface area contributed by atoms with Crippen molar-refractivity contribution in [2.75, 3.05) is 31.3 Å². The van der Waals surface area contributed by atoms with Crippen molar-refractivity contribution in [1.82, 2.24) is 9.97 Å². The molecular formula is C13H21N3OS. The van der Waals surface area contributed by atoms with Crippen molar-refractivity contribution in [3.63, 3.8) is 0 Å². The lowest BCUT2D eigenvalue weighted by atomic mass is 10.4. The predicted molar refractivity (Wildman–Crippen MR) is 75.4 cm³/mol. The topological polar surface area (TPSA) is 47.0 Å². The van der Waals surface area contributed by atoms with Gasteiger partial charge >= 0.3 is 0 Å². The number of methoxy groups -OCH3 is 1. The lowest BCUT2D eigenvalue weighted by molar-refractivity contribution is 0.218. The summed E-state index contributed by atoms with van der Waals surface area (Å²) in [6, 6.07) is 2.04. The molecule has 0 aliphatic heterocycles. The molecule has 0 amide bonds. The van der Waals surface area contributed by atoms with Crippen LogP contribution in [0.3, 0.4) is 0 Å². The largest absolute Gasteiger partial charge is 0.384 e. The minimum absolute atomic E-state index is 0.593. The van der Waals surface area contributed by atoms with E-state index in [1.165, 1.54) is 12.8 Å². The SMILES string of the molecule is CCCNc1cc(SCCOC)nc(C2CC2)n1. The number of thioether (sulfide) groups is 1. The van der Waals surface area contributed by atoms with E-state index in [1.807, 2.05) is 6.07 Å². The average Bonchev–Trinajstić information content (AvgIpc) is 3.21. The molecule has 1 aliphatic carbocycles. The van der Waals surface area contributed by atoms with Gasteiger partial charge in [-0.3, -0.25) is 0 Å². The Balaban J connectivity index is 2.03. The van der Waals surface area contributed by atoms with Crippen molar-refractivity contribution in [2.24, 2.45) is 0 Å². The molecule has 1 aliphatic rings. The molecular weight excluding hydrogens is 246 g/mol. The summed E-state index contributed by atoms with van der Waals surface area (Å²) in [6.45, 7) is 3.87. The Bertz CT molecular complexity index is 382. The summed E-state index contributed by atoms with van der Waals surface area (Å²) in [5.41, 5.74) is 0. The first-order chi connectivity index (χ1) is 8.83. The maximum absolute atomic E-state index is 5.07. The highest BCUT2D eigenvalue weighted by Crippen LogP contribution is 2.39. The van der Waals surface area contributed by atoms with E-state index in [4.69, 9.17) is 4.74 Å². The summed E-state index contributed by atoms with van der Waals surface area (Å²) >= 11 is 1.74. The normalized spacial score (nSPS) is 14.8. The number of hydrogen-bond donors (Lipinski definition) is 1. The van der Waals surface area contributed by atoms with E-state index in [1.54, 1.807) is 18.9 Å². The molecule has 0 saturated heterocycles. The highest BCUT2D eigenvalue weighted by molar-refractivity contribution is 7.99. The highest BCUT2D eigenvalue weighted by Gasteiger charge is 2.27. The van der Waals surface area contributed by atoms with Crippen molar-refractivity contribution in [1.29, 1.82) is 0 Å². The first-order valence-electron chi connectivity index (χ1n) is 6.58. The van der Waals surface area contributed by atoms with Crippen LogP contribution in [0.1, 0.15) is 37.9 Å². The van der Waals surface area contributed by atoms with Gasteiger partial charge in [-0.1, -0.05) is 6.92 Å². The first-order valence-corrected chi connectivity index (χ1v) is 7.56. The van der Waals surface area contributed by atoms with Gasteiger partial charge in [-0.2, -0.15) is 0 Å². The van der Waals surface area contributed by atoms with Crippen LogP contribution in [-0.2, 0) is 4.74 Å². The molecule has 0 spiro atoms. The van der Waals surface area contributed by atoms with Crippen molar-refractivity contribution < 1.29 is 4.74 Å². The highest BCUT2D eigenvalue weighted by atomic mass is 32.2. The number of nitrogens with zero attached hydrogens (tertiary/aromatic N) is 2. The molecule has 2 rings (SSSR count). The molecule has 1 saturated carbocycles. The van der Waals surface area contributed by atoms with E-state index < -0.39 is 0 Å². The van der Waals surface area contributed by atoms with Crippen LogP contribution in [0.5, 0.6) is 0 Å². The van der Waals surface area contributed by atoms with Gasteiger partial charge in [-0.15, -0.1) is 11.8 Å². The van der Waals surface area contributed by atoms with Gasteiger partial charge in [0.2, 0.25) is 0 Å². The third-order valence-electron chi connectivity index (χ3n) is 2.76. The number of hydrogen-bond acceptors (Lipinski definition) is 5. The summed E-state index contributed by atoms with van der Waals surface area (Å²) in [5, 5.41) is 4.41. The maximum atomic E-state index is 5.07. The molecule has 0 aromatic carbocycles. The fourth-order valence-electron chi connectivity index (χ4n) is 1.61. The van der Waals surface area contributed by atoms with Crippen molar-refractivity contribution >= 4 is 17.6 Å². The molecule has 0 atom stereocenters. The van der Waals surface area contributed by atoms with Gasteiger partial charge in [0.05, 0.1) is 6.61 Å². The summed E-state index contributed by atoms with van der Waals surface area (Å²) in [5.74, 6) is 3.50. The van der Waals surface area contributed by atoms with E-state index in [9.17, 15) is 0 Å². The smallest absolute Gasteiger partial charge is 0.135 e. The molecule has 100 valence electrons. The molecule has 1 fully saturated rings.